The fourth-order valence-electron chi connectivity index (χ4n) is 3.58. The van der Waals surface area contributed by atoms with Crippen LogP contribution < -0.4 is 14.8 Å². The van der Waals surface area contributed by atoms with Gasteiger partial charge in [-0.3, -0.25) is 4.79 Å². The van der Waals surface area contributed by atoms with E-state index in [2.05, 4.69) is 5.32 Å². The molecular formula is C29H23ClN2O3. The number of hydrogen-bond donors (Lipinski definition) is 1. The van der Waals surface area contributed by atoms with Crippen LogP contribution in [0.15, 0.2) is 90.5 Å². The number of carbonyl (C=O) groups is 1. The number of halogens is 1. The van der Waals surface area contributed by atoms with Gasteiger partial charge >= 0.3 is 0 Å². The Morgan fingerprint density at radius 1 is 0.971 bits per heavy atom. The van der Waals surface area contributed by atoms with E-state index >= 15 is 0 Å². The Bertz CT molecular complexity index is 1410. The summed E-state index contributed by atoms with van der Waals surface area (Å²) in [4.78, 5) is 12.9. The van der Waals surface area contributed by atoms with Gasteiger partial charge in [-0.15, -0.1) is 0 Å². The Morgan fingerprint density at radius 3 is 2.43 bits per heavy atom. The number of hydrogen-bond acceptors (Lipinski definition) is 4. The van der Waals surface area contributed by atoms with Crippen molar-refractivity contribution in [3.8, 4) is 17.6 Å². The average molecular weight is 483 g/mol. The largest absolute Gasteiger partial charge is 0.493 e. The van der Waals surface area contributed by atoms with Gasteiger partial charge in [0.15, 0.2) is 0 Å². The Labute approximate surface area is 209 Å². The Hall–Kier alpha value is -4.27. The number of fused-ring (bicyclic) bond motifs is 1. The number of ether oxygens (including phenoxy) is 2. The zero-order chi connectivity index (χ0) is 24.6. The topological polar surface area (TPSA) is 71.3 Å². The summed E-state index contributed by atoms with van der Waals surface area (Å²) in [6.45, 7) is 2.76. The van der Waals surface area contributed by atoms with Gasteiger partial charge in [-0.25, -0.2) is 0 Å². The summed E-state index contributed by atoms with van der Waals surface area (Å²) in [6, 6.07) is 28.0. The van der Waals surface area contributed by atoms with E-state index in [4.69, 9.17) is 21.1 Å². The number of amides is 1. The Kier molecular flexibility index (Phi) is 7.67. The standard InChI is InChI=1S/C29H23ClN2O3/c1-2-34-28-16-9-21-5-3-4-6-26(21)27(28)17-22(18-31)29(33)32-24-12-14-25(15-13-24)35-19-20-7-10-23(30)11-8-20/h3-17H,2,19H2,1H3,(H,32,33)/b22-17+. The highest BCUT2D eigenvalue weighted by atomic mass is 35.5. The van der Waals surface area contributed by atoms with Crippen LogP contribution in [0.2, 0.25) is 5.02 Å². The van der Waals surface area contributed by atoms with E-state index in [1.54, 1.807) is 30.3 Å². The van der Waals surface area contributed by atoms with Crippen molar-refractivity contribution >= 4 is 40.0 Å². The number of nitriles is 1. The molecule has 35 heavy (non-hydrogen) atoms. The molecule has 0 unspecified atom stereocenters. The van der Waals surface area contributed by atoms with Crippen molar-refractivity contribution in [2.24, 2.45) is 0 Å². The highest BCUT2D eigenvalue weighted by molar-refractivity contribution is 6.30. The third-order valence-corrected chi connectivity index (χ3v) is 5.57. The first-order valence-corrected chi connectivity index (χ1v) is 11.5. The van der Waals surface area contributed by atoms with Crippen LogP contribution in [0, 0.1) is 11.3 Å². The molecule has 1 amide bonds. The second-order valence-corrected chi connectivity index (χ2v) is 8.13. The second-order valence-electron chi connectivity index (χ2n) is 7.69. The van der Waals surface area contributed by atoms with Gasteiger partial charge in [0.1, 0.15) is 29.7 Å². The van der Waals surface area contributed by atoms with Crippen LogP contribution in [0.1, 0.15) is 18.1 Å². The third kappa shape index (κ3) is 6.00. The van der Waals surface area contributed by atoms with E-state index in [-0.39, 0.29) is 5.57 Å². The van der Waals surface area contributed by atoms with Gasteiger partial charge in [-0.05, 0) is 71.8 Å². The monoisotopic (exact) mass is 482 g/mol. The first-order valence-electron chi connectivity index (χ1n) is 11.1. The van der Waals surface area contributed by atoms with E-state index in [9.17, 15) is 10.1 Å². The minimum absolute atomic E-state index is 0.0228. The predicted octanol–water partition coefficient (Wildman–Crippen LogP) is 7.02. The SMILES string of the molecule is CCOc1ccc2ccccc2c1/C=C(\C#N)C(=O)Nc1ccc(OCc2ccc(Cl)cc2)cc1. The molecule has 0 atom stereocenters. The molecule has 0 aliphatic carbocycles. The molecule has 4 aromatic rings. The summed E-state index contributed by atoms with van der Waals surface area (Å²) in [5.74, 6) is 0.776. The minimum Gasteiger partial charge on any atom is -0.493 e. The molecule has 0 aliphatic rings. The quantitative estimate of drug-likeness (QED) is 0.216. The van der Waals surface area contributed by atoms with Crippen LogP contribution >= 0.6 is 11.6 Å². The third-order valence-electron chi connectivity index (χ3n) is 5.32. The molecule has 0 bridgehead atoms. The molecule has 174 valence electrons. The summed E-state index contributed by atoms with van der Waals surface area (Å²) in [5.41, 5.74) is 2.22. The Morgan fingerprint density at radius 2 is 1.71 bits per heavy atom. The molecule has 5 nitrogen and oxygen atoms in total. The van der Waals surface area contributed by atoms with Crippen LogP contribution in [0.4, 0.5) is 5.69 Å². The molecular weight excluding hydrogens is 460 g/mol. The maximum Gasteiger partial charge on any atom is 0.266 e. The molecule has 0 fully saturated rings. The van der Waals surface area contributed by atoms with Crippen LogP contribution in [0.3, 0.4) is 0 Å². The molecule has 4 aromatic carbocycles. The zero-order valence-corrected chi connectivity index (χ0v) is 19.9. The number of carbonyl (C=O) groups excluding carboxylic acids is 1. The summed E-state index contributed by atoms with van der Waals surface area (Å²) < 4.78 is 11.5. The van der Waals surface area contributed by atoms with Crippen molar-refractivity contribution in [3.63, 3.8) is 0 Å². The van der Waals surface area contributed by atoms with Crippen LogP contribution in [-0.2, 0) is 11.4 Å². The smallest absolute Gasteiger partial charge is 0.266 e. The summed E-state index contributed by atoms with van der Waals surface area (Å²) in [7, 11) is 0. The zero-order valence-electron chi connectivity index (χ0n) is 19.1. The normalized spacial score (nSPS) is 11.1. The molecule has 1 N–H and O–H groups in total. The van der Waals surface area contributed by atoms with Gasteiger partial charge in [0.25, 0.3) is 5.91 Å². The lowest BCUT2D eigenvalue weighted by Gasteiger charge is -2.12. The van der Waals surface area contributed by atoms with Gasteiger partial charge < -0.3 is 14.8 Å². The van der Waals surface area contributed by atoms with E-state index in [1.807, 2.05) is 73.7 Å². The molecule has 6 heteroatoms. The van der Waals surface area contributed by atoms with Crippen molar-refractivity contribution in [2.75, 3.05) is 11.9 Å². The summed E-state index contributed by atoms with van der Waals surface area (Å²) >= 11 is 5.91. The molecule has 0 aromatic heterocycles. The fourth-order valence-corrected chi connectivity index (χ4v) is 3.70. The lowest BCUT2D eigenvalue weighted by atomic mass is 10.0. The van der Waals surface area contributed by atoms with Gasteiger partial charge in [-0.2, -0.15) is 5.26 Å². The number of rotatable bonds is 8. The van der Waals surface area contributed by atoms with Crippen LogP contribution in [-0.4, -0.2) is 12.5 Å². The number of nitrogens with one attached hydrogen (secondary N) is 1. The van der Waals surface area contributed by atoms with E-state index < -0.39 is 5.91 Å². The second kappa shape index (κ2) is 11.2. The van der Waals surface area contributed by atoms with Crippen molar-refractivity contribution in [1.29, 1.82) is 5.26 Å². The molecule has 4 rings (SSSR count). The Balaban J connectivity index is 1.49. The number of nitrogens with zero attached hydrogens (tertiary/aromatic N) is 1. The van der Waals surface area contributed by atoms with E-state index in [1.165, 1.54) is 0 Å². The lowest BCUT2D eigenvalue weighted by Crippen LogP contribution is -2.13. The molecule has 0 radical (unpaired) electrons. The molecule has 0 saturated carbocycles. The predicted molar refractivity (Wildman–Crippen MR) is 140 cm³/mol. The van der Waals surface area contributed by atoms with Gasteiger partial charge in [-0.1, -0.05) is 54.1 Å². The van der Waals surface area contributed by atoms with Crippen LogP contribution in [0.25, 0.3) is 16.8 Å². The first kappa shape index (κ1) is 23.9. The van der Waals surface area contributed by atoms with Gasteiger partial charge in [0, 0.05) is 16.3 Å². The average Bonchev–Trinajstić information content (AvgIpc) is 2.88. The van der Waals surface area contributed by atoms with E-state index in [0.29, 0.717) is 41.0 Å². The summed E-state index contributed by atoms with van der Waals surface area (Å²) in [6.07, 6.45) is 1.58. The van der Waals surface area contributed by atoms with Gasteiger partial charge in [0.05, 0.1) is 6.61 Å². The van der Waals surface area contributed by atoms with Gasteiger partial charge in [0.2, 0.25) is 0 Å². The van der Waals surface area contributed by atoms with Crippen molar-refractivity contribution in [3.05, 3.63) is 107 Å². The molecule has 0 saturated heterocycles. The number of benzene rings is 4. The lowest BCUT2D eigenvalue weighted by molar-refractivity contribution is -0.112. The molecule has 0 aliphatic heterocycles. The van der Waals surface area contributed by atoms with Crippen LogP contribution in [0.5, 0.6) is 11.5 Å². The van der Waals surface area contributed by atoms with Crippen molar-refractivity contribution in [1.82, 2.24) is 0 Å². The highest BCUT2D eigenvalue weighted by Gasteiger charge is 2.14. The molecule has 0 spiro atoms. The van der Waals surface area contributed by atoms with Crippen molar-refractivity contribution in [2.45, 2.75) is 13.5 Å². The molecule has 0 heterocycles. The van der Waals surface area contributed by atoms with Crippen molar-refractivity contribution < 1.29 is 14.3 Å². The maximum atomic E-state index is 12.9. The highest BCUT2D eigenvalue weighted by Crippen LogP contribution is 2.30. The number of anilines is 1. The first-order chi connectivity index (χ1) is 17.1. The summed E-state index contributed by atoms with van der Waals surface area (Å²) in [5, 5.41) is 15.1. The van der Waals surface area contributed by atoms with E-state index in [0.717, 1.165) is 16.3 Å². The fraction of sp³-hybridized carbons (Fsp3) is 0.103. The maximum absolute atomic E-state index is 12.9. The minimum atomic E-state index is -0.502.